The van der Waals surface area contributed by atoms with E-state index in [0.29, 0.717) is 10.9 Å². The van der Waals surface area contributed by atoms with Crippen LogP contribution in [0.25, 0.3) is 66.2 Å². The molecule has 0 aliphatic rings. The first-order valence-electron chi connectivity index (χ1n) is 18.7. The molecule has 8 aromatic rings. The summed E-state index contributed by atoms with van der Waals surface area (Å²) in [6.45, 7) is 0. The molecule has 0 saturated carbocycles. The summed E-state index contributed by atoms with van der Waals surface area (Å²) in [6, 6.07) is 27.3. The van der Waals surface area contributed by atoms with E-state index >= 15 is 0 Å². The summed E-state index contributed by atoms with van der Waals surface area (Å²) in [5.74, 6) is -0.786. The molecule has 15 heteroatoms. The van der Waals surface area contributed by atoms with E-state index in [2.05, 4.69) is 10.3 Å². The van der Waals surface area contributed by atoms with E-state index in [1.807, 2.05) is 0 Å². The van der Waals surface area contributed by atoms with Crippen molar-refractivity contribution in [3.63, 3.8) is 0 Å². The van der Waals surface area contributed by atoms with Gasteiger partial charge in [-0.2, -0.15) is 52.7 Å². The van der Waals surface area contributed by atoms with Crippen LogP contribution in [-0.4, -0.2) is 10.9 Å². The molecule has 1 N–H and O–H groups in total. The summed E-state index contributed by atoms with van der Waals surface area (Å²) < 4.78 is 168. The summed E-state index contributed by atoms with van der Waals surface area (Å²) in [5, 5.41) is 3.59. The van der Waals surface area contributed by atoms with Gasteiger partial charge in [0.2, 0.25) is 0 Å². The number of halogens is 12. The number of rotatable bonds is 6. The van der Waals surface area contributed by atoms with Crippen LogP contribution in [0, 0.1) is 0 Å². The van der Waals surface area contributed by atoms with Crippen LogP contribution < -0.4 is 5.32 Å². The van der Waals surface area contributed by atoms with Crippen LogP contribution in [0.1, 0.15) is 32.6 Å². The molecule has 7 aromatic carbocycles. The number of carbonyl (C=O) groups is 1. The van der Waals surface area contributed by atoms with E-state index in [0.717, 1.165) is 97.1 Å². The number of aromatic nitrogens is 1. The maximum Gasteiger partial charge on any atom is 0.416 e. The van der Waals surface area contributed by atoms with Gasteiger partial charge in [-0.3, -0.25) is 9.78 Å². The molecule has 0 aliphatic heterocycles. The van der Waals surface area contributed by atoms with Crippen LogP contribution in [0.2, 0.25) is 0 Å². The number of hydrogen-bond donors (Lipinski definition) is 1. The maximum atomic E-state index is 14.7. The zero-order chi connectivity index (χ0) is 45.1. The lowest BCUT2D eigenvalue weighted by Gasteiger charge is -2.26. The summed E-state index contributed by atoms with van der Waals surface area (Å²) in [5.41, 5.74) is -3.82. The van der Waals surface area contributed by atoms with Gasteiger partial charge in [0.25, 0.3) is 5.91 Å². The second-order valence-corrected chi connectivity index (χ2v) is 14.4. The number of carbonyl (C=O) groups excluding carboxylic acids is 1. The van der Waals surface area contributed by atoms with Gasteiger partial charge >= 0.3 is 24.7 Å². The lowest BCUT2D eigenvalue weighted by Crippen LogP contribution is -2.14. The molecule has 63 heavy (non-hydrogen) atoms. The van der Waals surface area contributed by atoms with Crippen molar-refractivity contribution in [1.29, 1.82) is 0 Å². The number of nitrogens with zero attached hydrogens (tertiary/aromatic N) is 1. The number of hydrogen-bond acceptors (Lipinski definition) is 2. The second kappa shape index (κ2) is 15.6. The van der Waals surface area contributed by atoms with Gasteiger partial charge in [-0.05, 0) is 117 Å². The van der Waals surface area contributed by atoms with Crippen LogP contribution >= 0.6 is 0 Å². The Balaban J connectivity index is 1.55. The zero-order valence-electron chi connectivity index (χ0n) is 31.8. The van der Waals surface area contributed by atoms with Gasteiger partial charge in [0.1, 0.15) is 0 Å². The first-order chi connectivity index (χ1) is 29.7. The van der Waals surface area contributed by atoms with Crippen molar-refractivity contribution in [1.82, 2.24) is 4.98 Å². The lowest BCUT2D eigenvalue weighted by atomic mass is 9.77. The fourth-order valence-electron chi connectivity index (χ4n) is 7.59. The van der Waals surface area contributed by atoms with Gasteiger partial charge in [-0.25, -0.2) is 0 Å². The third-order valence-electron chi connectivity index (χ3n) is 10.5. The fourth-order valence-corrected chi connectivity index (χ4v) is 7.59. The van der Waals surface area contributed by atoms with Crippen LogP contribution in [0.15, 0.2) is 152 Å². The number of pyridine rings is 1. The van der Waals surface area contributed by atoms with Crippen molar-refractivity contribution < 1.29 is 57.5 Å². The largest absolute Gasteiger partial charge is 0.416 e. The Morgan fingerprint density at radius 2 is 0.794 bits per heavy atom. The Morgan fingerprint density at radius 3 is 1.24 bits per heavy atom. The zero-order valence-corrected chi connectivity index (χ0v) is 31.8. The Hall–Kier alpha value is -7.16. The number of fused-ring (bicyclic) bond motifs is 2. The van der Waals surface area contributed by atoms with Crippen molar-refractivity contribution in [3.8, 4) is 44.5 Å². The van der Waals surface area contributed by atoms with Crippen molar-refractivity contribution in [2.45, 2.75) is 24.7 Å². The highest BCUT2D eigenvalue weighted by molar-refractivity contribution is 6.25. The van der Waals surface area contributed by atoms with E-state index in [1.54, 1.807) is 30.3 Å². The van der Waals surface area contributed by atoms with Crippen molar-refractivity contribution in [2.24, 2.45) is 0 Å². The minimum Gasteiger partial charge on any atom is -0.320 e. The van der Waals surface area contributed by atoms with Crippen molar-refractivity contribution in [3.05, 3.63) is 180 Å². The quantitative estimate of drug-likeness (QED) is 0.169. The number of alkyl halides is 12. The molecule has 1 heterocycles. The summed E-state index contributed by atoms with van der Waals surface area (Å²) in [7, 11) is 0. The molecule has 318 valence electrons. The average molecular weight is 875 g/mol. The minimum atomic E-state index is -4.83. The van der Waals surface area contributed by atoms with Gasteiger partial charge in [-0.1, -0.05) is 78.9 Å². The SMILES string of the molecule is O=C(Nc1cccc2cccnc12)c1cccc2c(-c3ccc(C(F)(F)F)cc3)c(-c3ccc(C(F)(F)F)cc3)c(-c3ccc(C(F)(F)F)cc3)c(-c3ccc(C(F)(F)F)cc3)c12. The molecule has 0 aliphatic carbocycles. The van der Waals surface area contributed by atoms with E-state index in [1.165, 1.54) is 24.4 Å². The molecule has 0 saturated heterocycles. The van der Waals surface area contributed by atoms with Gasteiger partial charge in [-0.15, -0.1) is 0 Å². The molecular formula is C48H26F12N2O. The number of amides is 1. The molecule has 0 atom stereocenters. The van der Waals surface area contributed by atoms with Gasteiger partial charge in [0.15, 0.2) is 0 Å². The smallest absolute Gasteiger partial charge is 0.320 e. The maximum absolute atomic E-state index is 14.7. The monoisotopic (exact) mass is 874 g/mol. The molecule has 3 nitrogen and oxygen atoms in total. The number of anilines is 1. The molecule has 0 unspecified atom stereocenters. The summed E-state index contributed by atoms with van der Waals surface area (Å²) in [6.07, 6.45) is -17.8. The van der Waals surface area contributed by atoms with Crippen LogP contribution in [-0.2, 0) is 24.7 Å². The highest BCUT2D eigenvalue weighted by Crippen LogP contribution is 2.53. The Labute approximate surface area is 349 Å². The average Bonchev–Trinajstić information content (AvgIpc) is 3.24. The third kappa shape index (κ3) is 8.30. The van der Waals surface area contributed by atoms with Crippen molar-refractivity contribution >= 4 is 33.3 Å². The fraction of sp³-hybridized carbons (Fsp3) is 0.0833. The van der Waals surface area contributed by atoms with Crippen LogP contribution in [0.4, 0.5) is 58.4 Å². The van der Waals surface area contributed by atoms with Crippen LogP contribution in [0.5, 0.6) is 0 Å². The first kappa shape index (κ1) is 42.5. The van der Waals surface area contributed by atoms with E-state index in [4.69, 9.17) is 0 Å². The van der Waals surface area contributed by atoms with E-state index < -0.39 is 52.9 Å². The standard InChI is InChI=1S/C48H26F12N2O/c49-45(50,51)31-17-9-26(10-18-31)38-35-6-2-7-36(44(63)62-37-8-1-4-30-5-3-25-61-43(30)37)42(35)41(29-15-23-34(24-16-29)48(58,59)60)40(28-13-21-33(22-14-28)47(55,56)57)39(38)27-11-19-32(20-12-27)46(52,53)54/h1-25H,(H,62,63). The van der Waals surface area contributed by atoms with E-state index in [-0.39, 0.29) is 66.5 Å². The first-order valence-corrected chi connectivity index (χ1v) is 18.7. The molecule has 0 spiro atoms. The Morgan fingerprint density at radius 1 is 0.413 bits per heavy atom. The molecular weight excluding hydrogens is 849 g/mol. The van der Waals surface area contributed by atoms with Crippen LogP contribution in [0.3, 0.4) is 0 Å². The Bertz CT molecular complexity index is 3000. The van der Waals surface area contributed by atoms with Gasteiger partial charge in [0.05, 0.1) is 33.5 Å². The highest BCUT2D eigenvalue weighted by Gasteiger charge is 2.35. The van der Waals surface area contributed by atoms with Gasteiger partial charge < -0.3 is 5.32 Å². The number of benzene rings is 7. The van der Waals surface area contributed by atoms with E-state index in [9.17, 15) is 57.5 Å². The minimum absolute atomic E-state index is 0.000424. The molecule has 1 amide bonds. The normalized spacial score (nSPS) is 12.5. The topological polar surface area (TPSA) is 42.0 Å². The molecule has 0 bridgehead atoms. The number of para-hydroxylation sites is 1. The van der Waals surface area contributed by atoms with Crippen molar-refractivity contribution in [2.75, 3.05) is 5.32 Å². The van der Waals surface area contributed by atoms with Gasteiger partial charge in [0, 0.05) is 22.5 Å². The Kier molecular flexibility index (Phi) is 10.6. The lowest BCUT2D eigenvalue weighted by molar-refractivity contribution is -0.138. The molecule has 0 fully saturated rings. The molecule has 1 aromatic heterocycles. The highest BCUT2D eigenvalue weighted by atomic mass is 19.4. The predicted octanol–water partition coefficient (Wildman–Crippen LogP) is 15.4. The third-order valence-corrected chi connectivity index (χ3v) is 10.5. The summed E-state index contributed by atoms with van der Waals surface area (Å²) in [4.78, 5) is 19.1. The second-order valence-electron chi connectivity index (χ2n) is 14.4. The molecule has 8 rings (SSSR count). The summed E-state index contributed by atoms with van der Waals surface area (Å²) >= 11 is 0. The predicted molar refractivity (Wildman–Crippen MR) is 215 cm³/mol. The molecule has 0 radical (unpaired) electrons. The number of nitrogens with one attached hydrogen (secondary N) is 1.